The Morgan fingerprint density at radius 3 is 2.60 bits per heavy atom. The SMILES string of the molecule is COC(=O)c1ccc(CN2CCC(CCC3CC34CCc3ccccc34)CC2)cc1. The van der Waals surface area contributed by atoms with E-state index in [1.54, 1.807) is 11.1 Å². The highest BCUT2D eigenvalue weighted by molar-refractivity contribution is 5.89. The lowest BCUT2D eigenvalue weighted by molar-refractivity contribution is 0.0600. The lowest BCUT2D eigenvalue weighted by Gasteiger charge is -2.32. The van der Waals surface area contributed by atoms with E-state index in [1.807, 2.05) is 12.1 Å². The van der Waals surface area contributed by atoms with Crippen molar-refractivity contribution in [2.45, 2.75) is 56.9 Å². The first-order valence-electron chi connectivity index (χ1n) is 11.7. The minimum absolute atomic E-state index is 0.263. The van der Waals surface area contributed by atoms with Gasteiger partial charge in [0.15, 0.2) is 0 Å². The van der Waals surface area contributed by atoms with Gasteiger partial charge < -0.3 is 4.74 Å². The van der Waals surface area contributed by atoms with Gasteiger partial charge in [-0.15, -0.1) is 0 Å². The zero-order chi connectivity index (χ0) is 20.6. The number of benzene rings is 2. The van der Waals surface area contributed by atoms with Gasteiger partial charge in [-0.2, -0.15) is 0 Å². The van der Waals surface area contributed by atoms with Crippen molar-refractivity contribution in [3.8, 4) is 0 Å². The Kier molecular flexibility index (Phi) is 5.41. The molecule has 158 valence electrons. The monoisotopic (exact) mass is 403 g/mol. The summed E-state index contributed by atoms with van der Waals surface area (Å²) in [7, 11) is 1.43. The summed E-state index contributed by atoms with van der Waals surface area (Å²) < 4.78 is 4.78. The van der Waals surface area contributed by atoms with Gasteiger partial charge in [0.1, 0.15) is 0 Å². The summed E-state index contributed by atoms with van der Waals surface area (Å²) in [4.78, 5) is 14.1. The van der Waals surface area contributed by atoms with Crippen LogP contribution in [0.25, 0.3) is 0 Å². The first kappa shape index (κ1) is 19.8. The molecule has 3 heteroatoms. The molecule has 5 rings (SSSR count). The fraction of sp³-hybridized carbons (Fsp3) is 0.519. The molecule has 30 heavy (non-hydrogen) atoms. The maximum atomic E-state index is 11.6. The molecule has 1 saturated carbocycles. The molecule has 1 heterocycles. The molecule has 2 aliphatic carbocycles. The van der Waals surface area contributed by atoms with Crippen LogP contribution in [0.15, 0.2) is 48.5 Å². The molecule has 2 unspecified atom stereocenters. The van der Waals surface area contributed by atoms with Crippen molar-refractivity contribution in [1.29, 1.82) is 0 Å². The van der Waals surface area contributed by atoms with Gasteiger partial charge in [0.25, 0.3) is 0 Å². The van der Waals surface area contributed by atoms with Gasteiger partial charge in [-0.25, -0.2) is 4.79 Å². The predicted octanol–water partition coefficient (Wildman–Crippen LogP) is 5.37. The summed E-state index contributed by atoms with van der Waals surface area (Å²) in [5.74, 6) is 1.57. The molecule has 2 fully saturated rings. The van der Waals surface area contributed by atoms with Crippen LogP contribution in [0.5, 0.6) is 0 Å². The minimum atomic E-state index is -0.263. The van der Waals surface area contributed by atoms with Crippen LogP contribution in [0.4, 0.5) is 0 Å². The minimum Gasteiger partial charge on any atom is -0.465 e. The number of aryl methyl sites for hydroxylation is 1. The molecule has 2 aromatic carbocycles. The van der Waals surface area contributed by atoms with Crippen molar-refractivity contribution >= 4 is 5.97 Å². The van der Waals surface area contributed by atoms with E-state index in [9.17, 15) is 4.79 Å². The van der Waals surface area contributed by atoms with Crippen LogP contribution in [0.1, 0.15) is 65.6 Å². The average molecular weight is 404 g/mol. The van der Waals surface area contributed by atoms with Crippen LogP contribution in [-0.2, 0) is 23.1 Å². The van der Waals surface area contributed by atoms with Gasteiger partial charge in [0, 0.05) is 6.54 Å². The number of rotatable bonds is 6. The average Bonchev–Trinajstić information content (AvgIpc) is 3.38. The number of hydrogen-bond acceptors (Lipinski definition) is 3. The van der Waals surface area contributed by atoms with E-state index < -0.39 is 0 Å². The molecule has 0 radical (unpaired) electrons. The molecular formula is C27H33NO2. The molecule has 1 spiro atoms. The van der Waals surface area contributed by atoms with Gasteiger partial charge >= 0.3 is 5.97 Å². The molecular weight excluding hydrogens is 370 g/mol. The van der Waals surface area contributed by atoms with Crippen LogP contribution >= 0.6 is 0 Å². The maximum absolute atomic E-state index is 11.6. The van der Waals surface area contributed by atoms with Crippen LogP contribution in [0, 0.1) is 11.8 Å². The lowest BCUT2D eigenvalue weighted by atomic mass is 9.88. The number of esters is 1. The largest absolute Gasteiger partial charge is 0.465 e. The van der Waals surface area contributed by atoms with Gasteiger partial charge in [0.05, 0.1) is 12.7 Å². The molecule has 0 amide bonds. The topological polar surface area (TPSA) is 29.5 Å². The maximum Gasteiger partial charge on any atom is 0.337 e. The fourth-order valence-electron chi connectivity index (χ4n) is 6.10. The van der Waals surface area contributed by atoms with Crippen molar-refractivity contribution in [2.24, 2.45) is 11.8 Å². The highest BCUT2D eigenvalue weighted by Crippen LogP contribution is 2.63. The second-order valence-corrected chi connectivity index (χ2v) is 9.70. The van der Waals surface area contributed by atoms with E-state index in [2.05, 4.69) is 41.3 Å². The Morgan fingerprint density at radius 1 is 1.07 bits per heavy atom. The Hall–Kier alpha value is -2.13. The zero-order valence-electron chi connectivity index (χ0n) is 18.1. The predicted molar refractivity (Wildman–Crippen MR) is 120 cm³/mol. The molecule has 0 aromatic heterocycles. The summed E-state index contributed by atoms with van der Waals surface area (Å²) in [5, 5.41) is 0. The highest BCUT2D eigenvalue weighted by Gasteiger charge is 2.57. The number of ether oxygens (including phenoxy) is 1. The highest BCUT2D eigenvalue weighted by atomic mass is 16.5. The standard InChI is InChI=1S/C27H33NO2/c1-30-26(29)23-9-6-21(7-10-23)19-28-16-13-20(14-17-28)8-11-24-18-27(24)15-12-22-4-2-3-5-25(22)27/h2-7,9-10,20,24H,8,11-19H2,1H3. The Labute approximate surface area is 180 Å². The second-order valence-electron chi connectivity index (χ2n) is 9.70. The third-order valence-corrected chi connectivity index (χ3v) is 8.04. The summed E-state index contributed by atoms with van der Waals surface area (Å²) >= 11 is 0. The quantitative estimate of drug-likeness (QED) is 0.607. The molecule has 3 aliphatic rings. The van der Waals surface area contributed by atoms with E-state index in [0.717, 1.165) is 18.4 Å². The molecule has 2 aromatic rings. The number of carbonyl (C=O) groups excluding carboxylic acids is 1. The first-order chi connectivity index (χ1) is 14.7. The third-order valence-electron chi connectivity index (χ3n) is 8.04. The van der Waals surface area contributed by atoms with Crippen LogP contribution < -0.4 is 0 Å². The summed E-state index contributed by atoms with van der Waals surface area (Å²) in [5.41, 5.74) is 5.77. The van der Waals surface area contributed by atoms with E-state index in [0.29, 0.717) is 11.0 Å². The Morgan fingerprint density at radius 2 is 1.83 bits per heavy atom. The summed E-state index contributed by atoms with van der Waals surface area (Å²) in [6.07, 6.45) is 9.62. The fourth-order valence-corrected chi connectivity index (χ4v) is 6.10. The third kappa shape index (κ3) is 3.80. The molecule has 1 aliphatic heterocycles. The van der Waals surface area contributed by atoms with E-state index >= 15 is 0 Å². The number of fused-ring (bicyclic) bond motifs is 2. The Bertz CT molecular complexity index is 897. The number of nitrogens with zero attached hydrogens (tertiary/aromatic N) is 1. The molecule has 2 atom stereocenters. The van der Waals surface area contributed by atoms with Gasteiger partial charge in [-0.05, 0) is 97.7 Å². The first-order valence-corrected chi connectivity index (χ1v) is 11.7. The molecule has 3 nitrogen and oxygen atoms in total. The summed E-state index contributed by atoms with van der Waals surface area (Å²) in [6, 6.07) is 17.1. The number of hydrogen-bond donors (Lipinski definition) is 0. The number of methoxy groups -OCH3 is 1. The second kappa shape index (κ2) is 8.19. The van der Waals surface area contributed by atoms with Crippen molar-refractivity contribution < 1.29 is 9.53 Å². The zero-order valence-corrected chi connectivity index (χ0v) is 18.1. The van der Waals surface area contributed by atoms with Crippen molar-refractivity contribution in [3.63, 3.8) is 0 Å². The number of carbonyl (C=O) groups is 1. The lowest BCUT2D eigenvalue weighted by Crippen LogP contribution is -2.33. The van der Waals surface area contributed by atoms with Crippen LogP contribution in [0.3, 0.4) is 0 Å². The van der Waals surface area contributed by atoms with Crippen molar-refractivity contribution in [3.05, 3.63) is 70.8 Å². The molecule has 1 saturated heterocycles. The van der Waals surface area contributed by atoms with Crippen molar-refractivity contribution in [1.82, 2.24) is 4.90 Å². The normalized spacial score (nSPS) is 26.0. The molecule has 0 bridgehead atoms. The number of likely N-dealkylation sites (tertiary alicyclic amines) is 1. The van der Waals surface area contributed by atoms with E-state index in [4.69, 9.17) is 4.74 Å². The van der Waals surface area contributed by atoms with Crippen molar-refractivity contribution in [2.75, 3.05) is 20.2 Å². The van der Waals surface area contributed by atoms with Crippen LogP contribution in [0.2, 0.25) is 0 Å². The van der Waals surface area contributed by atoms with Gasteiger partial charge in [0.2, 0.25) is 0 Å². The smallest absolute Gasteiger partial charge is 0.337 e. The van der Waals surface area contributed by atoms with Crippen LogP contribution in [-0.4, -0.2) is 31.1 Å². The molecule has 0 N–H and O–H groups in total. The van der Waals surface area contributed by atoms with Gasteiger partial charge in [-0.3, -0.25) is 4.90 Å². The Balaban J connectivity index is 1.06. The van der Waals surface area contributed by atoms with Gasteiger partial charge in [-0.1, -0.05) is 42.8 Å². The van der Waals surface area contributed by atoms with E-state index in [1.165, 1.54) is 70.7 Å². The summed E-state index contributed by atoms with van der Waals surface area (Å²) in [6.45, 7) is 3.38. The van der Waals surface area contributed by atoms with E-state index in [-0.39, 0.29) is 5.97 Å². The number of piperidine rings is 1.